The van der Waals surface area contributed by atoms with Crippen LogP contribution in [-0.2, 0) is 9.16 Å². The molecule has 0 aliphatic heterocycles. The van der Waals surface area contributed by atoms with Crippen molar-refractivity contribution in [1.82, 2.24) is 0 Å². The summed E-state index contributed by atoms with van der Waals surface area (Å²) < 4.78 is 13.6. The van der Waals surface area contributed by atoms with E-state index in [1.54, 1.807) is 0 Å². The number of hydrogen-bond donors (Lipinski definition) is 0. The van der Waals surface area contributed by atoms with Crippen LogP contribution < -0.4 is 0 Å². The molecule has 5 rings (SSSR count). The van der Waals surface area contributed by atoms with E-state index < -0.39 is 8.32 Å². The Bertz CT molecular complexity index is 1180. The minimum Gasteiger partial charge on any atom is -0.458 e. The second-order valence-electron chi connectivity index (χ2n) is 17.9. The Morgan fingerprint density at radius 3 is 2.32 bits per heavy atom. The molecule has 4 aliphatic rings. The summed E-state index contributed by atoms with van der Waals surface area (Å²) in [5, 5.41) is 0.170. The van der Waals surface area contributed by atoms with Crippen LogP contribution in [0.1, 0.15) is 130 Å². The lowest BCUT2D eigenvalue weighted by atomic mass is 9.46. The second-order valence-corrected chi connectivity index (χ2v) is 22.7. The van der Waals surface area contributed by atoms with Crippen LogP contribution in [-0.4, -0.2) is 26.5 Å². The highest BCUT2D eigenvalue weighted by Crippen LogP contribution is 2.68. The summed E-state index contributed by atoms with van der Waals surface area (Å²) >= 11 is 0. The van der Waals surface area contributed by atoms with E-state index in [4.69, 9.17) is 9.16 Å². The molecule has 0 saturated heterocycles. The highest BCUT2D eigenvalue weighted by molar-refractivity contribution is 6.74. The number of ether oxygens (including phenoxy) is 1. The molecule has 1 aromatic carbocycles. The average molecular weight is 621 g/mol. The van der Waals surface area contributed by atoms with Gasteiger partial charge in [0.2, 0.25) is 0 Å². The van der Waals surface area contributed by atoms with Crippen molar-refractivity contribution < 1.29 is 14.0 Å². The van der Waals surface area contributed by atoms with Crippen LogP contribution in [0.2, 0.25) is 18.1 Å². The maximum Gasteiger partial charge on any atom is 0.338 e. The Labute approximate surface area is 271 Å². The number of benzene rings is 1. The fraction of sp³-hybridized carbons (Fsp3) is 0.775. The first-order valence-electron chi connectivity index (χ1n) is 18.2. The van der Waals surface area contributed by atoms with Gasteiger partial charge in [0.15, 0.2) is 8.32 Å². The molecule has 0 spiro atoms. The third-order valence-electron chi connectivity index (χ3n) is 13.8. The van der Waals surface area contributed by atoms with Gasteiger partial charge in [-0.3, -0.25) is 0 Å². The molecule has 0 radical (unpaired) electrons. The van der Waals surface area contributed by atoms with Crippen molar-refractivity contribution >= 4 is 14.3 Å². The minimum absolute atomic E-state index is 0.0523. The molecule has 3 fully saturated rings. The fourth-order valence-electron chi connectivity index (χ4n) is 10.1. The number of rotatable bonds is 9. The third-order valence-corrected chi connectivity index (χ3v) is 18.3. The van der Waals surface area contributed by atoms with Crippen LogP contribution in [0.5, 0.6) is 0 Å². The molecule has 9 atom stereocenters. The van der Waals surface area contributed by atoms with Gasteiger partial charge in [-0.1, -0.05) is 105 Å². The maximum atomic E-state index is 13.0. The summed E-state index contributed by atoms with van der Waals surface area (Å²) in [5.74, 6) is 4.23. The van der Waals surface area contributed by atoms with E-state index in [0.717, 1.165) is 42.9 Å². The Balaban J connectivity index is 1.43. The van der Waals surface area contributed by atoms with E-state index in [1.165, 1.54) is 50.5 Å². The lowest BCUT2D eigenvalue weighted by Gasteiger charge is -2.61. The number of hydrogen-bond acceptors (Lipinski definition) is 3. The number of fused-ring (bicyclic) bond motifs is 5. The van der Waals surface area contributed by atoms with Gasteiger partial charge in [0, 0.05) is 6.42 Å². The van der Waals surface area contributed by atoms with Crippen LogP contribution in [0, 0.1) is 46.3 Å². The van der Waals surface area contributed by atoms with Gasteiger partial charge < -0.3 is 9.16 Å². The summed E-state index contributed by atoms with van der Waals surface area (Å²) in [4.78, 5) is 13.0. The van der Waals surface area contributed by atoms with Gasteiger partial charge >= 0.3 is 5.97 Å². The number of esters is 1. The van der Waals surface area contributed by atoms with Crippen molar-refractivity contribution in [3.63, 3.8) is 0 Å². The SMILES string of the molecule is CC(C)CCC[C@@H](C)[C@H]1CC[C@H]2[C@@H]3[C@H](O[Si](C)(C)C(C)(C)C)C=C4C[C@@H](OC(=O)c5ccccc5)CC[C@]4(C)[C@H]3CC[C@]12C. The van der Waals surface area contributed by atoms with E-state index >= 15 is 0 Å². The molecule has 0 N–H and O–H groups in total. The third kappa shape index (κ3) is 6.42. The number of carbonyl (C=O) groups excluding carboxylic acids is 1. The molecule has 44 heavy (non-hydrogen) atoms. The Morgan fingerprint density at radius 1 is 0.955 bits per heavy atom. The van der Waals surface area contributed by atoms with Crippen LogP contribution in [0.3, 0.4) is 0 Å². The van der Waals surface area contributed by atoms with E-state index in [1.807, 2.05) is 30.3 Å². The van der Waals surface area contributed by atoms with Crippen molar-refractivity contribution in [2.75, 3.05) is 0 Å². The van der Waals surface area contributed by atoms with Crippen molar-refractivity contribution in [3.05, 3.63) is 47.5 Å². The Morgan fingerprint density at radius 2 is 1.66 bits per heavy atom. The van der Waals surface area contributed by atoms with E-state index in [2.05, 4.69) is 74.6 Å². The molecule has 0 aromatic heterocycles. The maximum absolute atomic E-state index is 13.0. The molecule has 4 aliphatic carbocycles. The van der Waals surface area contributed by atoms with Gasteiger partial charge in [0.25, 0.3) is 0 Å². The lowest BCUT2D eigenvalue weighted by Crippen LogP contribution is -2.57. The van der Waals surface area contributed by atoms with Crippen molar-refractivity contribution in [2.45, 2.75) is 150 Å². The lowest BCUT2D eigenvalue weighted by molar-refractivity contribution is -0.0946. The summed E-state index contributed by atoms with van der Waals surface area (Å²) in [6.07, 6.45) is 15.2. The van der Waals surface area contributed by atoms with Crippen molar-refractivity contribution in [3.8, 4) is 0 Å². The molecule has 0 unspecified atom stereocenters. The van der Waals surface area contributed by atoms with Crippen molar-refractivity contribution in [2.24, 2.45) is 46.3 Å². The smallest absolute Gasteiger partial charge is 0.338 e. The zero-order valence-electron chi connectivity index (χ0n) is 29.9. The normalized spacial score (nSPS) is 36.2. The zero-order chi connectivity index (χ0) is 32.1. The van der Waals surface area contributed by atoms with Crippen LogP contribution in [0.15, 0.2) is 42.0 Å². The van der Waals surface area contributed by atoms with Crippen LogP contribution in [0.25, 0.3) is 0 Å². The number of carbonyl (C=O) groups is 1. The molecule has 0 heterocycles. The molecule has 0 bridgehead atoms. The molecule has 246 valence electrons. The molecular weight excluding hydrogens is 557 g/mol. The standard InChI is InChI=1S/C40H64O3Si/c1-27(2)15-14-16-28(3)32-19-20-33-36-34(22-24-40(32,33)8)39(7)23-21-31(42-37(41)29-17-12-11-13-18-29)25-30(39)26-35(36)43-44(9,10)38(4,5)6/h11-13,17-18,26-28,31-36H,14-16,19-25H2,1-10H3/t28-,31+,32-,33+,34+,35-,36+,39+,40-/m1/s1. The van der Waals surface area contributed by atoms with E-state index in [0.29, 0.717) is 22.8 Å². The highest BCUT2D eigenvalue weighted by atomic mass is 28.4. The first-order chi connectivity index (χ1) is 20.6. The van der Waals surface area contributed by atoms with E-state index in [-0.39, 0.29) is 28.6 Å². The Kier molecular flexibility index (Phi) is 9.77. The molecular formula is C40H64O3Si. The molecule has 3 saturated carbocycles. The Hall–Kier alpha value is -1.39. The minimum atomic E-state index is -2.00. The quantitative estimate of drug-likeness (QED) is 0.156. The highest BCUT2D eigenvalue weighted by Gasteiger charge is 2.62. The molecule has 3 nitrogen and oxygen atoms in total. The topological polar surface area (TPSA) is 35.5 Å². The van der Waals surface area contributed by atoms with Gasteiger partial charge in [-0.05, 0) is 115 Å². The van der Waals surface area contributed by atoms with Gasteiger partial charge in [-0.15, -0.1) is 0 Å². The summed E-state index contributed by atoms with van der Waals surface area (Å²) in [6.45, 7) is 24.6. The first kappa shape index (κ1) is 34.0. The summed E-state index contributed by atoms with van der Waals surface area (Å²) in [5.41, 5.74) is 2.76. The fourth-order valence-corrected chi connectivity index (χ4v) is 11.4. The van der Waals surface area contributed by atoms with Crippen LogP contribution >= 0.6 is 0 Å². The average Bonchev–Trinajstić information content (AvgIpc) is 3.30. The van der Waals surface area contributed by atoms with Gasteiger partial charge in [0.1, 0.15) is 6.10 Å². The molecule has 0 amide bonds. The van der Waals surface area contributed by atoms with Gasteiger partial charge in [0.05, 0.1) is 11.7 Å². The van der Waals surface area contributed by atoms with Gasteiger partial charge in [-0.25, -0.2) is 4.79 Å². The largest absolute Gasteiger partial charge is 0.458 e. The molecule has 1 aromatic rings. The second kappa shape index (κ2) is 12.7. The van der Waals surface area contributed by atoms with E-state index in [9.17, 15) is 4.79 Å². The van der Waals surface area contributed by atoms with Crippen molar-refractivity contribution in [1.29, 1.82) is 0 Å². The van der Waals surface area contributed by atoms with Crippen LogP contribution in [0.4, 0.5) is 0 Å². The zero-order valence-corrected chi connectivity index (χ0v) is 30.9. The van der Waals surface area contributed by atoms with Gasteiger partial charge in [-0.2, -0.15) is 0 Å². The predicted octanol–water partition coefficient (Wildman–Crippen LogP) is 11.3. The monoisotopic (exact) mass is 620 g/mol. The first-order valence-corrected chi connectivity index (χ1v) is 21.1. The predicted molar refractivity (Wildman–Crippen MR) is 186 cm³/mol. The summed E-state index contributed by atoms with van der Waals surface area (Å²) in [6, 6.07) is 9.50. The molecule has 4 heteroatoms. The summed E-state index contributed by atoms with van der Waals surface area (Å²) in [7, 11) is -2.00.